The number of benzene rings is 1. The molecule has 4 atom stereocenters. The molecule has 0 aromatic heterocycles. The lowest BCUT2D eigenvalue weighted by molar-refractivity contribution is -0.150. The third-order valence-electron chi connectivity index (χ3n) is 4.67. The lowest BCUT2D eigenvalue weighted by atomic mass is 9.82. The summed E-state index contributed by atoms with van der Waals surface area (Å²) in [5.41, 5.74) is 1.05. The van der Waals surface area contributed by atoms with E-state index in [4.69, 9.17) is 0 Å². The van der Waals surface area contributed by atoms with E-state index >= 15 is 0 Å². The zero-order valence-electron chi connectivity index (χ0n) is 12.0. The fraction of sp³-hybridized carbons (Fsp3) is 0.412. The maximum Gasteiger partial charge on any atom is 0.307 e. The van der Waals surface area contributed by atoms with Crippen LogP contribution in [0.5, 0.6) is 0 Å². The molecular weight excluding hydrogens is 266 g/mol. The molecule has 0 spiro atoms. The Morgan fingerprint density at radius 2 is 1.76 bits per heavy atom. The van der Waals surface area contributed by atoms with Crippen LogP contribution in [0.4, 0.5) is 0 Å². The minimum Gasteiger partial charge on any atom is -0.481 e. The third-order valence-corrected chi connectivity index (χ3v) is 4.67. The summed E-state index contributed by atoms with van der Waals surface area (Å²) in [6.45, 7) is 0.517. The minimum atomic E-state index is -0.849. The Hall–Kier alpha value is -2.10. The maximum absolute atomic E-state index is 12.7. The molecule has 1 N–H and O–H groups in total. The number of allylic oxidation sites excluding steroid dienone is 2. The number of carbonyl (C=O) groups is 2. The van der Waals surface area contributed by atoms with E-state index in [0.29, 0.717) is 6.54 Å². The molecule has 0 radical (unpaired) electrons. The van der Waals surface area contributed by atoms with E-state index in [1.807, 2.05) is 42.5 Å². The van der Waals surface area contributed by atoms with E-state index in [0.717, 1.165) is 12.0 Å². The molecule has 21 heavy (non-hydrogen) atoms. The number of aliphatic carboxylic acids is 1. The number of carboxylic acids is 1. The number of rotatable bonds is 4. The van der Waals surface area contributed by atoms with Gasteiger partial charge >= 0.3 is 5.97 Å². The molecule has 0 aliphatic heterocycles. The number of hydrogen-bond donors (Lipinski definition) is 1. The summed E-state index contributed by atoms with van der Waals surface area (Å²) < 4.78 is 0. The van der Waals surface area contributed by atoms with Crippen LogP contribution in [0.1, 0.15) is 12.0 Å². The van der Waals surface area contributed by atoms with E-state index < -0.39 is 17.8 Å². The first kappa shape index (κ1) is 13.9. The van der Waals surface area contributed by atoms with Crippen LogP contribution < -0.4 is 0 Å². The summed E-state index contributed by atoms with van der Waals surface area (Å²) in [6.07, 6.45) is 4.78. The van der Waals surface area contributed by atoms with Gasteiger partial charge in [0.1, 0.15) is 0 Å². The van der Waals surface area contributed by atoms with Crippen molar-refractivity contribution in [3.05, 3.63) is 48.0 Å². The Balaban J connectivity index is 1.75. The van der Waals surface area contributed by atoms with Gasteiger partial charge in [-0.1, -0.05) is 42.5 Å². The van der Waals surface area contributed by atoms with Crippen molar-refractivity contribution < 1.29 is 14.7 Å². The summed E-state index contributed by atoms with van der Waals surface area (Å²) in [5.74, 6) is -1.77. The monoisotopic (exact) mass is 285 g/mol. The van der Waals surface area contributed by atoms with E-state index in [-0.39, 0.29) is 17.7 Å². The van der Waals surface area contributed by atoms with Crippen molar-refractivity contribution in [2.24, 2.45) is 23.7 Å². The van der Waals surface area contributed by atoms with Gasteiger partial charge in [0, 0.05) is 13.6 Å². The molecule has 2 aliphatic rings. The first-order valence-corrected chi connectivity index (χ1v) is 7.28. The van der Waals surface area contributed by atoms with Crippen LogP contribution in [0.3, 0.4) is 0 Å². The largest absolute Gasteiger partial charge is 0.481 e. The second kappa shape index (κ2) is 5.35. The Morgan fingerprint density at radius 1 is 1.14 bits per heavy atom. The van der Waals surface area contributed by atoms with Crippen LogP contribution in [0.2, 0.25) is 0 Å². The fourth-order valence-electron chi connectivity index (χ4n) is 3.69. The zero-order chi connectivity index (χ0) is 15.0. The normalized spacial score (nSPS) is 29.6. The number of carbonyl (C=O) groups excluding carboxylic acids is 1. The maximum atomic E-state index is 12.7. The van der Waals surface area contributed by atoms with Crippen LogP contribution in [0, 0.1) is 23.7 Å². The average Bonchev–Trinajstić information content (AvgIpc) is 3.08. The Labute approximate surface area is 124 Å². The van der Waals surface area contributed by atoms with Gasteiger partial charge in [0.25, 0.3) is 0 Å². The molecule has 0 saturated heterocycles. The highest BCUT2D eigenvalue weighted by Crippen LogP contribution is 2.48. The summed E-state index contributed by atoms with van der Waals surface area (Å²) in [4.78, 5) is 25.8. The zero-order valence-corrected chi connectivity index (χ0v) is 12.0. The molecule has 1 fully saturated rings. The average molecular weight is 285 g/mol. The van der Waals surface area contributed by atoms with Crippen molar-refractivity contribution in [1.82, 2.24) is 4.90 Å². The van der Waals surface area contributed by atoms with E-state index in [2.05, 4.69) is 0 Å². The summed E-state index contributed by atoms with van der Waals surface area (Å²) in [7, 11) is 1.75. The van der Waals surface area contributed by atoms with Gasteiger partial charge in [0.15, 0.2) is 0 Å². The van der Waals surface area contributed by atoms with Gasteiger partial charge in [0.05, 0.1) is 11.8 Å². The molecule has 110 valence electrons. The fourth-order valence-corrected chi connectivity index (χ4v) is 3.69. The van der Waals surface area contributed by atoms with Crippen LogP contribution in [0.15, 0.2) is 42.5 Å². The van der Waals surface area contributed by atoms with Gasteiger partial charge in [-0.3, -0.25) is 9.59 Å². The number of carboxylic acid groups (broad SMARTS) is 1. The van der Waals surface area contributed by atoms with Crippen LogP contribution in [-0.2, 0) is 16.1 Å². The molecular formula is C17H19NO3. The molecule has 1 amide bonds. The van der Waals surface area contributed by atoms with Crippen molar-refractivity contribution >= 4 is 11.9 Å². The number of amides is 1. The molecule has 4 unspecified atom stereocenters. The standard InChI is InChI=1S/C17H19NO3/c1-18(10-11-5-3-2-4-6-11)16(19)14-12-7-8-13(9-12)15(14)17(20)21/h2-8,12-15H,9-10H2,1H3,(H,20,21). The smallest absolute Gasteiger partial charge is 0.307 e. The molecule has 2 aliphatic carbocycles. The Morgan fingerprint density at radius 3 is 2.38 bits per heavy atom. The lowest BCUT2D eigenvalue weighted by Gasteiger charge is -2.28. The van der Waals surface area contributed by atoms with Gasteiger partial charge in [-0.05, 0) is 23.8 Å². The van der Waals surface area contributed by atoms with Crippen LogP contribution >= 0.6 is 0 Å². The first-order chi connectivity index (χ1) is 10.1. The van der Waals surface area contributed by atoms with Crippen molar-refractivity contribution in [3.8, 4) is 0 Å². The molecule has 3 rings (SSSR count). The predicted molar refractivity (Wildman–Crippen MR) is 78.3 cm³/mol. The third kappa shape index (κ3) is 2.46. The van der Waals surface area contributed by atoms with E-state index in [9.17, 15) is 14.7 Å². The van der Waals surface area contributed by atoms with Crippen LogP contribution in [-0.4, -0.2) is 28.9 Å². The molecule has 0 heterocycles. The summed E-state index contributed by atoms with van der Waals surface area (Å²) in [5, 5.41) is 9.42. The topological polar surface area (TPSA) is 57.6 Å². The molecule has 1 saturated carbocycles. The van der Waals surface area contributed by atoms with Crippen molar-refractivity contribution in [3.63, 3.8) is 0 Å². The molecule has 2 bridgehead atoms. The molecule has 4 nitrogen and oxygen atoms in total. The number of hydrogen-bond acceptors (Lipinski definition) is 2. The summed E-state index contributed by atoms with van der Waals surface area (Å²) in [6, 6.07) is 9.76. The van der Waals surface area contributed by atoms with Gasteiger partial charge in [-0.15, -0.1) is 0 Å². The van der Waals surface area contributed by atoms with Gasteiger partial charge in [-0.2, -0.15) is 0 Å². The quantitative estimate of drug-likeness (QED) is 0.863. The Bertz CT molecular complexity index is 581. The van der Waals surface area contributed by atoms with Crippen molar-refractivity contribution in [2.45, 2.75) is 13.0 Å². The highest BCUT2D eigenvalue weighted by Gasteiger charge is 2.52. The van der Waals surface area contributed by atoms with Gasteiger partial charge < -0.3 is 10.0 Å². The first-order valence-electron chi connectivity index (χ1n) is 7.28. The predicted octanol–water partition coefficient (Wildman–Crippen LogP) is 2.17. The number of nitrogens with zero attached hydrogens (tertiary/aromatic N) is 1. The SMILES string of the molecule is CN(Cc1ccccc1)C(=O)C1C2C=CC(C2)C1C(=O)O. The van der Waals surface area contributed by atoms with Crippen molar-refractivity contribution in [1.29, 1.82) is 0 Å². The molecule has 1 aromatic carbocycles. The number of fused-ring (bicyclic) bond motifs is 2. The second-order valence-electron chi connectivity index (χ2n) is 6.02. The molecule has 4 heteroatoms. The van der Waals surface area contributed by atoms with Crippen molar-refractivity contribution in [2.75, 3.05) is 7.05 Å². The minimum absolute atomic E-state index is 0.0200. The second-order valence-corrected chi connectivity index (χ2v) is 6.02. The van der Waals surface area contributed by atoms with Gasteiger partial charge in [-0.25, -0.2) is 0 Å². The lowest BCUT2D eigenvalue weighted by Crippen LogP contribution is -2.40. The molecule has 1 aromatic rings. The van der Waals surface area contributed by atoms with Crippen LogP contribution in [0.25, 0.3) is 0 Å². The van der Waals surface area contributed by atoms with E-state index in [1.54, 1.807) is 11.9 Å². The Kier molecular flexibility index (Phi) is 3.53. The van der Waals surface area contributed by atoms with E-state index in [1.165, 1.54) is 0 Å². The van der Waals surface area contributed by atoms with Gasteiger partial charge in [0.2, 0.25) is 5.91 Å². The highest BCUT2D eigenvalue weighted by molar-refractivity contribution is 5.86. The summed E-state index contributed by atoms with van der Waals surface area (Å²) >= 11 is 0. The highest BCUT2D eigenvalue weighted by atomic mass is 16.4.